The maximum Gasteiger partial charge on any atom is 0.143 e. The van der Waals surface area contributed by atoms with E-state index < -0.39 is 280 Å². The first-order valence-electron chi connectivity index (χ1n) is 29.4. The molecule has 49 heavy (non-hydrogen) atoms. The Balaban J connectivity index is 1.47. The molecule has 0 saturated carbocycles. The summed E-state index contributed by atoms with van der Waals surface area (Å²) < 4.78 is 276. The highest BCUT2D eigenvalue weighted by molar-refractivity contribution is 6.24. The van der Waals surface area contributed by atoms with Crippen molar-refractivity contribution in [2.24, 2.45) is 0 Å². The molecule has 9 aromatic carbocycles. The molecular formula is C48H30O. The van der Waals surface area contributed by atoms with Crippen molar-refractivity contribution in [3.05, 3.63) is 181 Å². The lowest BCUT2D eigenvalue weighted by atomic mass is 9.85. The van der Waals surface area contributed by atoms with Crippen LogP contribution in [0.2, 0.25) is 0 Å². The van der Waals surface area contributed by atoms with E-state index in [1.807, 2.05) is 0 Å². The van der Waals surface area contributed by atoms with Gasteiger partial charge in [-0.15, -0.1) is 0 Å². The standard InChI is InChI=1S/C48H30O/c1-2-13-32(14-3-1)37-23-11-24-42-43-25-12-26-44(48(43)49-47(37)42)46-40-20-8-6-18-38(40)45(39-19-7-9-21-41(39)46)34-29-27-33(28-30-34)36-22-10-16-31-15-4-5-17-35(31)36/h1-30H/i1D,2D,3D,4D,5D,6D,7D,8D,9D,10D,11D,12D,13D,14D,15D,16D,17D,18D,19D,20D,21D,22D,23D,24D,25D,26D,27D,28D,29D,30D. The summed E-state index contributed by atoms with van der Waals surface area (Å²) in [6.07, 6.45) is 0. The van der Waals surface area contributed by atoms with E-state index in [-0.39, 0.29) is 0 Å². The van der Waals surface area contributed by atoms with Crippen molar-refractivity contribution in [3.8, 4) is 44.5 Å². The van der Waals surface area contributed by atoms with Crippen molar-refractivity contribution in [2.45, 2.75) is 0 Å². The van der Waals surface area contributed by atoms with Crippen LogP contribution in [0.3, 0.4) is 0 Å². The fourth-order valence-corrected chi connectivity index (χ4v) is 5.86. The first kappa shape index (κ1) is 11.1. The Bertz CT molecular complexity index is 4450. The van der Waals surface area contributed by atoms with Gasteiger partial charge in [0.15, 0.2) is 0 Å². The molecule has 0 amide bonds. The van der Waals surface area contributed by atoms with Gasteiger partial charge in [-0.05, 0) is 60.1 Å². The predicted octanol–water partition coefficient (Wildman–Crippen LogP) is 13.7. The Labute approximate surface area is 326 Å². The minimum absolute atomic E-state index is 0.579. The van der Waals surface area contributed by atoms with Crippen LogP contribution in [0.15, 0.2) is 186 Å². The molecular weight excluding hydrogens is 593 g/mol. The molecule has 0 unspecified atom stereocenters. The molecule has 1 heterocycles. The van der Waals surface area contributed by atoms with Crippen LogP contribution < -0.4 is 0 Å². The zero-order valence-electron chi connectivity index (χ0n) is 54.4. The molecule has 0 aliphatic rings. The van der Waals surface area contributed by atoms with E-state index in [0.29, 0.717) is 0 Å². The average Bonchev–Trinajstić information content (AvgIpc) is 2.96. The van der Waals surface area contributed by atoms with E-state index in [1.165, 1.54) is 0 Å². The number of rotatable bonds is 4. The van der Waals surface area contributed by atoms with Gasteiger partial charge in [-0.2, -0.15) is 0 Å². The Morgan fingerprint density at radius 2 is 0.714 bits per heavy atom. The molecule has 0 aliphatic heterocycles. The van der Waals surface area contributed by atoms with Gasteiger partial charge < -0.3 is 4.42 Å². The Kier molecular flexibility index (Phi) is 2.50. The van der Waals surface area contributed by atoms with Crippen LogP contribution in [-0.2, 0) is 0 Å². The first-order chi connectivity index (χ1) is 36.8. The third kappa shape index (κ3) is 4.33. The lowest BCUT2D eigenvalue weighted by Gasteiger charge is -2.18. The van der Waals surface area contributed by atoms with Crippen molar-refractivity contribution in [1.29, 1.82) is 0 Å². The lowest BCUT2D eigenvalue weighted by molar-refractivity contribution is 0.671. The first-order valence-corrected chi connectivity index (χ1v) is 14.4. The number of furan rings is 1. The largest absolute Gasteiger partial charge is 0.455 e. The summed E-state index contributed by atoms with van der Waals surface area (Å²) in [6.45, 7) is 0. The van der Waals surface area contributed by atoms with Crippen molar-refractivity contribution in [3.63, 3.8) is 0 Å². The Morgan fingerprint density at radius 1 is 0.286 bits per heavy atom. The molecule has 0 fully saturated rings. The predicted molar refractivity (Wildman–Crippen MR) is 208 cm³/mol. The van der Waals surface area contributed by atoms with Crippen molar-refractivity contribution < 1.29 is 45.5 Å². The highest BCUT2D eigenvalue weighted by Crippen LogP contribution is 2.47. The molecule has 10 aromatic rings. The maximum absolute atomic E-state index is 9.61. The number of hydrogen-bond donors (Lipinski definition) is 0. The van der Waals surface area contributed by atoms with Crippen LogP contribution in [0.4, 0.5) is 0 Å². The number of para-hydroxylation sites is 2. The van der Waals surface area contributed by atoms with E-state index in [1.54, 1.807) is 0 Å². The summed E-state index contributed by atoms with van der Waals surface area (Å²) in [4.78, 5) is 0. The molecule has 10 rings (SSSR count). The molecule has 0 bridgehead atoms. The summed E-state index contributed by atoms with van der Waals surface area (Å²) >= 11 is 0. The van der Waals surface area contributed by atoms with Crippen molar-refractivity contribution in [1.82, 2.24) is 0 Å². The number of fused-ring (bicyclic) bond motifs is 6. The van der Waals surface area contributed by atoms with Crippen LogP contribution >= 0.6 is 0 Å². The normalized spacial score (nSPS) is 20.2. The van der Waals surface area contributed by atoms with Gasteiger partial charge in [0.05, 0.1) is 41.1 Å². The smallest absolute Gasteiger partial charge is 0.143 e. The molecule has 0 spiro atoms. The van der Waals surface area contributed by atoms with Gasteiger partial charge in [0.1, 0.15) is 11.2 Å². The van der Waals surface area contributed by atoms with E-state index in [4.69, 9.17) is 31.8 Å². The minimum Gasteiger partial charge on any atom is -0.455 e. The minimum atomic E-state index is -1.13. The van der Waals surface area contributed by atoms with Gasteiger partial charge in [0.25, 0.3) is 0 Å². The molecule has 228 valence electrons. The topological polar surface area (TPSA) is 13.1 Å². The molecule has 0 saturated heterocycles. The zero-order valence-corrected chi connectivity index (χ0v) is 24.4. The van der Waals surface area contributed by atoms with Gasteiger partial charge in [-0.1, -0.05) is 181 Å². The average molecular weight is 653 g/mol. The second-order valence-corrected chi connectivity index (χ2v) is 10.5. The van der Waals surface area contributed by atoms with Crippen molar-refractivity contribution >= 4 is 54.3 Å². The van der Waals surface area contributed by atoms with Crippen LogP contribution in [0.25, 0.3) is 98.8 Å². The van der Waals surface area contributed by atoms with Gasteiger partial charge in [-0.3, -0.25) is 0 Å². The zero-order chi connectivity index (χ0) is 58.4. The summed E-state index contributed by atoms with van der Waals surface area (Å²) in [5, 5.41) is -5.59. The summed E-state index contributed by atoms with van der Waals surface area (Å²) in [5.74, 6) is 0. The third-order valence-electron chi connectivity index (χ3n) is 7.92. The second-order valence-electron chi connectivity index (χ2n) is 10.5. The molecule has 0 N–H and O–H groups in total. The lowest BCUT2D eigenvalue weighted by Crippen LogP contribution is -1.91. The van der Waals surface area contributed by atoms with Gasteiger partial charge in [0.2, 0.25) is 0 Å². The van der Waals surface area contributed by atoms with Crippen LogP contribution in [0.1, 0.15) is 41.1 Å². The molecule has 0 atom stereocenters. The van der Waals surface area contributed by atoms with Crippen LogP contribution in [-0.4, -0.2) is 0 Å². The summed E-state index contributed by atoms with van der Waals surface area (Å²) in [5.41, 5.74) is -7.69. The fraction of sp³-hybridized carbons (Fsp3) is 0. The monoisotopic (exact) mass is 652 g/mol. The quantitative estimate of drug-likeness (QED) is 0.172. The Morgan fingerprint density at radius 3 is 1.39 bits per heavy atom. The second kappa shape index (κ2) is 11.1. The van der Waals surface area contributed by atoms with E-state index >= 15 is 0 Å². The van der Waals surface area contributed by atoms with E-state index in [2.05, 4.69) is 0 Å². The molecule has 1 aromatic heterocycles. The van der Waals surface area contributed by atoms with E-state index in [0.717, 1.165) is 0 Å². The SMILES string of the molecule is [2H]c1c([2H])c([2H])c(-c2c([2H])c([2H])c([2H])c3c2oc2c(-c4c5c([2H])c([2H])c([2H])c([2H])c5c(-c5c([2H])c([2H])c(-c6c([2H])c([2H])c([2H])c7c([2H])c([2H])c([2H])c([2H])c67)c([2H])c5[2H])c5c([2H])c([2H])c([2H])c([2H])c45)c([2H])c([2H])c([2H])c23)c([2H])c1[2H]. The van der Waals surface area contributed by atoms with Gasteiger partial charge in [-0.25, -0.2) is 0 Å². The number of benzene rings is 9. The molecule has 0 aliphatic carbocycles. The van der Waals surface area contributed by atoms with Crippen molar-refractivity contribution in [2.75, 3.05) is 0 Å². The Hall–Kier alpha value is -6.44. The molecule has 1 nitrogen and oxygen atoms in total. The number of hydrogen-bond acceptors (Lipinski definition) is 1. The maximum atomic E-state index is 9.61. The summed E-state index contributed by atoms with van der Waals surface area (Å²) in [7, 11) is 0. The van der Waals surface area contributed by atoms with Gasteiger partial charge >= 0.3 is 0 Å². The van der Waals surface area contributed by atoms with Crippen LogP contribution in [0.5, 0.6) is 0 Å². The summed E-state index contributed by atoms with van der Waals surface area (Å²) in [6, 6.07) is -29.0. The van der Waals surface area contributed by atoms with Crippen LogP contribution in [0, 0.1) is 0 Å². The van der Waals surface area contributed by atoms with Gasteiger partial charge in [0, 0.05) is 27.5 Å². The molecule has 1 heteroatoms. The highest BCUT2D eigenvalue weighted by Gasteiger charge is 2.21. The molecule has 0 radical (unpaired) electrons. The fourth-order valence-electron chi connectivity index (χ4n) is 5.86. The highest BCUT2D eigenvalue weighted by atomic mass is 16.3. The third-order valence-corrected chi connectivity index (χ3v) is 7.92. The van der Waals surface area contributed by atoms with E-state index in [9.17, 15) is 13.7 Å².